The van der Waals surface area contributed by atoms with Crippen molar-refractivity contribution in [3.05, 3.63) is 206 Å². The molecular formula is C83H99Cl3N12O13S. The molecule has 0 spiro atoms. The Morgan fingerprint density at radius 1 is 0.402 bits per heavy atom. The highest BCUT2D eigenvalue weighted by Crippen LogP contribution is 2.37. The lowest BCUT2D eigenvalue weighted by Gasteiger charge is -2.37. The first-order valence-electron chi connectivity index (χ1n) is 37.8. The normalized spacial score (nSPS) is 13.9. The van der Waals surface area contributed by atoms with Gasteiger partial charge >= 0.3 is 17.9 Å². The molecule has 4 aromatic heterocycles. The van der Waals surface area contributed by atoms with E-state index < -0.39 is 17.9 Å². The highest BCUT2D eigenvalue weighted by molar-refractivity contribution is 7.12. The smallest absolute Gasteiger partial charge is 0.345 e. The van der Waals surface area contributed by atoms with Crippen molar-refractivity contribution < 1.29 is 47.7 Å². The number of hydrogen-bond acceptors (Lipinski definition) is 20. The fourth-order valence-corrected chi connectivity index (χ4v) is 15.5. The molecule has 3 saturated heterocycles. The summed E-state index contributed by atoms with van der Waals surface area (Å²) in [5.74, 6) is -1.37. The van der Waals surface area contributed by atoms with Gasteiger partial charge < -0.3 is 76.7 Å². The molecule has 0 atom stereocenters. The molecule has 3 amide bonds. The Morgan fingerprint density at radius 3 is 1.09 bits per heavy atom. The number of fused-ring (bicyclic) bond motifs is 3. The number of rotatable bonds is 25. The first-order chi connectivity index (χ1) is 53.9. The van der Waals surface area contributed by atoms with Gasteiger partial charge in [0.15, 0.2) is 0 Å². The first-order valence-corrected chi connectivity index (χ1v) is 39.8. The number of aryl methyl sites for hydroxylation is 3. The Kier molecular flexibility index (Phi) is 29.9. The Balaban J connectivity index is 0.000000179. The standard InChI is InChI=1S/C29H35ClN4O5.C28H32Cl2N4O4.C26H32N4O4S/c1-5-39-29(37)25-26(23-19-21(30)9-12-24(23)34(28(25)36)14-6-13-31(2)3)32-15-17-33(18-16-32)27(35)20-7-10-22(38-4)11-8-20;1-4-38-28(37)24-25(32-14-16-33(17-15-32)26(35)19-6-8-20(29)9-7-19)22-18-21(30)10-11-23(22)34(27(24)36)13-5-12-31(2)3;1-4-34-26(33)22-23(28-14-16-29(17-15-28)24(31)21-11-7-18-35-21)19-9-5-6-10-20(19)30(25(22)32)13-8-12-27(2)3/h7-12,19H,5-6,13-18H2,1-4H3;6-11,18H,4-5,12-17H2,1-3H3;5-7,9-11,18H,4,8,12-17H2,1-3H3. The SMILES string of the molecule is CCOC(=O)c1c(N2CCN(C(=O)c3ccc(Cl)cc3)CC2)c2cc(Cl)ccc2n(CCCN(C)C)c1=O.CCOC(=O)c1c(N2CCN(C(=O)c3ccc(OC)cc3)CC2)c2cc(Cl)ccc2n(CCCN(C)C)c1=O.CCOC(=O)c1c(N2CCN(C(=O)c3cccs3)CC2)c2ccccc2n(CCCN(C)C)c1=O. The molecule has 9 aromatic rings. The van der Waals surface area contributed by atoms with Gasteiger partial charge in [-0.3, -0.25) is 28.8 Å². The van der Waals surface area contributed by atoms with Crippen molar-refractivity contribution in [1.29, 1.82) is 0 Å². The van der Waals surface area contributed by atoms with E-state index in [4.69, 9.17) is 53.8 Å². The number of thiophene rings is 1. The van der Waals surface area contributed by atoms with Crippen molar-refractivity contribution in [1.82, 2.24) is 43.1 Å². The van der Waals surface area contributed by atoms with Gasteiger partial charge in [-0.05, 0) is 204 Å². The lowest BCUT2D eigenvalue weighted by molar-refractivity contribution is 0.0514. The molecule has 3 aliphatic heterocycles. The van der Waals surface area contributed by atoms with Crippen LogP contribution in [-0.2, 0) is 33.8 Å². The maximum Gasteiger partial charge on any atom is 0.345 e. The van der Waals surface area contributed by atoms with Crippen molar-refractivity contribution in [2.75, 3.05) is 182 Å². The predicted molar refractivity (Wildman–Crippen MR) is 445 cm³/mol. The third kappa shape index (κ3) is 20.2. The summed E-state index contributed by atoms with van der Waals surface area (Å²) < 4.78 is 26.2. The maximum absolute atomic E-state index is 13.8. The number of benzene rings is 5. The number of piperazine rings is 3. The third-order valence-electron chi connectivity index (χ3n) is 19.8. The topological polar surface area (TPSA) is 234 Å². The van der Waals surface area contributed by atoms with Gasteiger partial charge in [-0.25, -0.2) is 14.4 Å². The largest absolute Gasteiger partial charge is 0.497 e. The molecular weight excluding hydrogens is 1510 g/mol. The Morgan fingerprint density at radius 2 is 0.741 bits per heavy atom. The second-order valence-electron chi connectivity index (χ2n) is 28.1. The van der Waals surface area contributed by atoms with Crippen LogP contribution in [0.2, 0.25) is 15.1 Å². The van der Waals surface area contributed by atoms with Crippen molar-refractivity contribution >= 4 is 132 Å². The molecule has 112 heavy (non-hydrogen) atoms. The molecule has 29 heteroatoms. The number of pyridine rings is 3. The average molecular weight is 1610 g/mol. The maximum atomic E-state index is 13.8. The van der Waals surface area contributed by atoms with Crippen LogP contribution in [0.15, 0.2) is 141 Å². The van der Waals surface area contributed by atoms with Gasteiger partial charge in [0.1, 0.15) is 22.4 Å². The van der Waals surface area contributed by atoms with Crippen LogP contribution in [0.4, 0.5) is 17.1 Å². The summed E-state index contributed by atoms with van der Waals surface area (Å²) >= 11 is 20.2. The fourth-order valence-electron chi connectivity index (χ4n) is 14.3. The lowest BCUT2D eigenvalue weighted by Crippen LogP contribution is -2.49. The van der Waals surface area contributed by atoms with Crippen molar-refractivity contribution in [2.24, 2.45) is 0 Å². The van der Waals surface area contributed by atoms with E-state index in [1.807, 2.05) is 111 Å². The predicted octanol–water partition coefficient (Wildman–Crippen LogP) is 11.3. The molecule has 5 aromatic carbocycles. The highest BCUT2D eigenvalue weighted by atomic mass is 35.5. The quantitative estimate of drug-likeness (QED) is 0.0382. The number of esters is 3. The molecule has 0 bridgehead atoms. The first kappa shape index (κ1) is 84.6. The molecule has 0 saturated carbocycles. The van der Waals surface area contributed by atoms with E-state index in [1.165, 1.54) is 11.3 Å². The van der Waals surface area contributed by atoms with Gasteiger partial charge in [0.25, 0.3) is 34.4 Å². The molecule has 0 aliphatic carbocycles. The molecule has 25 nitrogen and oxygen atoms in total. The van der Waals surface area contributed by atoms with Gasteiger partial charge in [0.2, 0.25) is 0 Å². The van der Waals surface area contributed by atoms with Crippen molar-refractivity contribution in [3.8, 4) is 5.75 Å². The second-order valence-corrected chi connectivity index (χ2v) is 30.3. The number of ether oxygens (including phenoxy) is 4. The Bertz CT molecular complexity index is 5010. The van der Waals surface area contributed by atoms with E-state index in [0.717, 1.165) is 54.7 Å². The molecule has 12 rings (SSSR count). The van der Waals surface area contributed by atoms with Crippen LogP contribution in [-0.4, -0.2) is 246 Å². The van der Waals surface area contributed by atoms with E-state index in [-0.39, 0.29) is 70.9 Å². The van der Waals surface area contributed by atoms with E-state index >= 15 is 0 Å². The van der Waals surface area contributed by atoms with Crippen LogP contribution < -0.4 is 36.1 Å². The zero-order chi connectivity index (χ0) is 80.4. The summed E-state index contributed by atoms with van der Waals surface area (Å²) in [6.07, 6.45) is 2.25. The number of carbonyl (C=O) groups is 6. The number of nitrogens with zero attached hydrogens (tertiary/aromatic N) is 12. The molecule has 7 heterocycles. The summed E-state index contributed by atoms with van der Waals surface area (Å²) in [4.78, 5) is 138. The molecule has 0 unspecified atom stereocenters. The number of anilines is 3. The summed E-state index contributed by atoms with van der Waals surface area (Å²) in [5, 5.41) is 5.74. The second kappa shape index (κ2) is 39.6. The number of carbonyl (C=O) groups excluding carboxylic acids is 6. The average Bonchev–Trinajstić information content (AvgIpc) is 0.787. The van der Waals surface area contributed by atoms with Gasteiger partial charge in [-0.15, -0.1) is 11.3 Å². The number of para-hydroxylation sites is 1. The zero-order valence-electron chi connectivity index (χ0n) is 65.3. The van der Waals surface area contributed by atoms with Gasteiger partial charge in [0, 0.05) is 141 Å². The van der Waals surface area contributed by atoms with Crippen molar-refractivity contribution in [3.63, 3.8) is 0 Å². The van der Waals surface area contributed by atoms with E-state index in [0.29, 0.717) is 169 Å². The van der Waals surface area contributed by atoms with Crippen molar-refractivity contribution in [2.45, 2.75) is 59.7 Å². The molecule has 596 valence electrons. The summed E-state index contributed by atoms with van der Waals surface area (Å²) in [6.45, 7) is 15.1. The summed E-state index contributed by atoms with van der Waals surface area (Å²) in [5.41, 5.74) is 3.99. The number of hydrogen-bond donors (Lipinski definition) is 0. The van der Waals surface area contributed by atoms with Crippen LogP contribution in [0.1, 0.15) is 101 Å². The number of aromatic nitrogens is 3. The van der Waals surface area contributed by atoms with E-state index in [9.17, 15) is 43.2 Å². The van der Waals surface area contributed by atoms with Crippen LogP contribution in [0, 0.1) is 0 Å². The van der Waals surface area contributed by atoms with Crippen LogP contribution in [0.25, 0.3) is 32.7 Å². The minimum absolute atomic E-state index is 0.00366. The van der Waals surface area contributed by atoms with Gasteiger partial charge in [-0.2, -0.15) is 0 Å². The monoisotopic (exact) mass is 1610 g/mol. The third-order valence-corrected chi connectivity index (χ3v) is 21.3. The fraction of sp³-hybridized carbons (Fsp3) is 0.410. The Hall–Kier alpha value is -9.80. The van der Waals surface area contributed by atoms with Gasteiger partial charge in [0.05, 0.1) is 65.4 Å². The molecule has 0 radical (unpaired) electrons. The van der Waals surface area contributed by atoms with E-state index in [1.54, 1.807) is 124 Å². The molecule has 3 fully saturated rings. The van der Waals surface area contributed by atoms with Crippen LogP contribution >= 0.6 is 46.1 Å². The minimum atomic E-state index is -0.657. The number of amides is 3. The molecule has 3 aliphatic rings. The zero-order valence-corrected chi connectivity index (χ0v) is 68.4. The number of methoxy groups -OCH3 is 1. The van der Waals surface area contributed by atoms with Gasteiger partial charge in [-0.1, -0.05) is 59.1 Å². The molecule has 0 N–H and O–H groups in total. The van der Waals surface area contributed by atoms with Crippen LogP contribution in [0.3, 0.4) is 0 Å². The minimum Gasteiger partial charge on any atom is -0.497 e. The Labute approximate surface area is 671 Å². The lowest BCUT2D eigenvalue weighted by atomic mass is 10.1. The highest BCUT2D eigenvalue weighted by Gasteiger charge is 2.35. The van der Waals surface area contributed by atoms with Crippen LogP contribution in [0.5, 0.6) is 5.75 Å². The number of halogens is 3. The summed E-state index contributed by atoms with van der Waals surface area (Å²) in [6, 6.07) is 36.0. The summed E-state index contributed by atoms with van der Waals surface area (Å²) in [7, 11) is 13.5. The van der Waals surface area contributed by atoms with E-state index in [2.05, 4.69) is 19.6 Å².